The molecule has 0 saturated carbocycles. The Balaban J connectivity index is 1.65. The summed E-state index contributed by atoms with van der Waals surface area (Å²) in [5.41, 5.74) is 0.0539. The molecule has 23 heavy (non-hydrogen) atoms. The number of nitrogens with one attached hydrogen (secondary N) is 1. The zero-order valence-electron chi connectivity index (χ0n) is 12.0. The minimum atomic E-state index is -4.50. The predicted octanol–water partition coefficient (Wildman–Crippen LogP) is 3.26. The van der Waals surface area contributed by atoms with Crippen LogP contribution >= 0.6 is 11.8 Å². The van der Waals surface area contributed by atoms with Crippen LogP contribution in [0, 0.1) is 0 Å². The van der Waals surface area contributed by atoms with Crippen molar-refractivity contribution in [1.82, 2.24) is 15.1 Å². The van der Waals surface area contributed by atoms with Gasteiger partial charge in [-0.3, -0.25) is 9.48 Å². The van der Waals surface area contributed by atoms with Crippen molar-refractivity contribution >= 4 is 17.7 Å². The average Bonchev–Trinajstić information content (AvgIpc) is 2.96. The van der Waals surface area contributed by atoms with Crippen LogP contribution < -0.4 is 5.32 Å². The molecule has 0 radical (unpaired) electrons. The van der Waals surface area contributed by atoms with E-state index >= 15 is 0 Å². The van der Waals surface area contributed by atoms with Gasteiger partial charge in [0.2, 0.25) is 5.91 Å². The Bertz CT molecular complexity index is 714. The van der Waals surface area contributed by atoms with E-state index in [1.807, 2.05) is 24.3 Å². The lowest BCUT2D eigenvalue weighted by atomic mass is 10.0. The van der Waals surface area contributed by atoms with Gasteiger partial charge in [-0.15, -0.1) is 11.8 Å². The van der Waals surface area contributed by atoms with Crippen LogP contribution in [0.1, 0.15) is 23.7 Å². The fourth-order valence-corrected chi connectivity index (χ4v) is 3.61. The highest BCUT2D eigenvalue weighted by Crippen LogP contribution is 2.35. The molecule has 0 spiro atoms. The molecule has 0 unspecified atom stereocenters. The maximum absolute atomic E-state index is 12.5. The molecule has 1 aromatic heterocycles. The predicted molar refractivity (Wildman–Crippen MR) is 79.9 cm³/mol. The van der Waals surface area contributed by atoms with Gasteiger partial charge in [-0.2, -0.15) is 18.3 Å². The lowest BCUT2D eigenvalue weighted by Gasteiger charge is -2.25. The molecule has 2 aromatic rings. The summed E-state index contributed by atoms with van der Waals surface area (Å²) in [5, 5.41) is 6.26. The van der Waals surface area contributed by atoms with E-state index in [9.17, 15) is 18.0 Å². The van der Waals surface area contributed by atoms with Gasteiger partial charge in [0.1, 0.15) is 6.54 Å². The second-order valence-corrected chi connectivity index (χ2v) is 6.33. The summed E-state index contributed by atoms with van der Waals surface area (Å²) in [5.74, 6) is 0.538. The number of aromatic nitrogens is 2. The average molecular weight is 341 g/mol. The first-order valence-corrected chi connectivity index (χ1v) is 8.04. The van der Waals surface area contributed by atoms with Gasteiger partial charge in [0.25, 0.3) is 0 Å². The summed E-state index contributed by atoms with van der Waals surface area (Å²) in [6.45, 7) is -0.234. The van der Waals surface area contributed by atoms with Crippen molar-refractivity contribution in [3.63, 3.8) is 0 Å². The number of hydrogen-bond donors (Lipinski definition) is 1. The minimum absolute atomic E-state index is 0.113. The zero-order chi connectivity index (χ0) is 16.4. The van der Waals surface area contributed by atoms with Gasteiger partial charge >= 0.3 is 6.18 Å². The van der Waals surface area contributed by atoms with Crippen molar-refractivity contribution in [2.75, 3.05) is 5.75 Å². The number of alkyl halides is 3. The van der Waals surface area contributed by atoms with Gasteiger partial charge in [-0.1, -0.05) is 18.2 Å². The van der Waals surface area contributed by atoms with E-state index in [1.54, 1.807) is 11.8 Å². The normalized spacial score (nSPS) is 17.6. The molecule has 0 saturated heterocycles. The number of halogens is 3. The summed E-state index contributed by atoms with van der Waals surface area (Å²) in [7, 11) is 0. The highest BCUT2D eigenvalue weighted by molar-refractivity contribution is 7.99. The van der Waals surface area contributed by atoms with Gasteiger partial charge in [0.05, 0.1) is 6.04 Å². The Morgan fingerprint density at radius 1 is 1.35 bits per heavy atom. The molecule has 1 aliphatic heterocycles. The Labute approximate surface area is 135 Å². The molecular formula is C15H14F3N3OS. The maximum atomic E-state index is 12.5. The fraction of sp³-hybridized carbons (Fsp3) is 0.333. The number of rotatable bonds is 3. The first-order chi connectivity index (χ1) is 10.9. The first kappa shape index (κ1) is 15.9. The SMILES string of the molecule is O=C(Cn1ccc(C(F)(F)F)n1)N[C@H]1CCSc2ccccc21. The number of carbonyl (C=O) groups excluding carboxylic acids is 1. The fourth-order valence-electron chi connectivity index (χ4n) is 2.48. The third-order valence-electron chi connectivity index (χ3n) is 3.53. The number of thioether (sulfide) groups is 1. The van der Waals surface area contributed by atoms with E-state index in [-0.39, 0.29) is 18.5 Å². The first-order valence-electron chi connectivity index (χ1n) is 7.05. The molecule has 1 N–H and O–H groups in total. The smallest absolute Gasteiger partial charge is 0.348 e. The summed E-state index contributed by atoms with van der Waals surface area (Å²) >= 11 is 1.74. The molecule has 122 valence electrons. The summed E-state index contributed by atoms with van der Waals surface area (Å²) in [6.07, 6.45) is -2.55. The number of fused-ring (bicyclic) bond motifs is 1. The molecule has 3 rings (SSSR count). The van der Waals surface area contributed by atoms with Crippen LogP contribution in [-0.2, 0) is 17.5 Å². The number of benzene rings is 1. The number of carbonyl (C=O) groups is 1. The highest BCUT2D eigenvalue weighted by atomic mass is 32.2. The third-order valence-corrected chi connectivity index (χ3v) is 4.65. The second kappa shape index (κ2) is 6.27. The van der Waals surface area contributed by atoms with Gasteiger partial charge in [0, 0.05) is 16.8 Å². The Morgan fingerprint density at radius 2 is 2.13 bits per heavy atom. The van der Waals surface area contributed by atoms with Crippen LogP contribution in [0.4, 0.5) is 13.2 Å². The van der Waals surface area contributed by atoms with Crippen molar-refractivity contribution in [2.45, 2.75) is 30.1 Å². The monoisotopic (exact) mass is 341 g/mol. The van der Waals surface area contributed by atoms with Crippen LogP contribution in [0.3, 0.4) is 0 Å². The lowest BCUT2D eigenvalue weighted by molar-refractivity contribution is -0.141. The van der Waals surface area contributed by atoms with E-state index in [0.717, 1.165) is 39.6 Å². The van der Waals surface area contributed by atoms with Crippen molar-refractivity contribution < 1.29 is 18.0 Å². The number of nitrogens with zero attached hydrogens (tertiary/aromatic N) is 2. The Hall–Kier alpha value is -1.96. The van der Waals surface area contributed by atoms with Crippen molar-refractivity contribution in [3.05, 3.63) is 47.8 Å². The summed E-state index contributed by atoms with van der Waals surface area (Å²) in [4.78, 5) is 13.2. The molecule has 4 nitrogen and oxygen atoms in total. The van der Waals surface area contributed by atoms with E-state index in [2.05, 4.69) is 10.4 Å². The van der Waals surface area contributed by atoms with Crippen LogP contribution in [-0.4, -0.2) is 21.4 Å². The van der Waals surface area contributed by atoms with Gasteiger partial charge in [0.15, 0.2) is 5.69 Å². The summed E-state index contributed by atoms with van der Waals surface area (Å²) < 4.78 is 38.5. The molecule has 1 atom stereocenters. The molecule has 0 fully saturated rings. The number of hydrogen-bond acceptors (Lipinski definition) is 3. The molecule has 1 amide bonds. The largest absolute Gasteiger partial charge is 0.435 e. The third kappa shape index (κ3) is 3.69. The van der Waals surface area contributed by atoms with Crippen molar-refractivity contribution in [1.29, 1.82) is 0 Å². The Kier molecular flexibility index (Phi) is 4.34. The van der Waals surface area contributed by atoms with Gasteiger partial charge < -0.3 is 5.32 Å². The second-order valence-electron chi connectivity index (χ2n) is 5.19. The topological polar surface area (TPSA) is 46.9 Å². The lowest BCUT2D eigenvalue weighted by Crippen LogP contribution is -2.33. The van der Waals surface area contributed by atoms with Crippen LogP contribution in [0.5, 0.6) is 0 Å². The van der Waals surface area contributed by atoms with Crippen LogP contribution in [0.25, 0.3) is 0 Å². The van der Waals surface area contributed by atoms with Gasteiger partial charge in [-0.25, -0.2) is 0 Å². The van der Waals surface area contributed by atoms with Crippen molar-refractivity contribution in [3.8, 4) is 0 Å². The molecule has 8 heteroatoms. The Morgan fingerprint density at radius 3 is 2.87 bits per heavy atom. The molecule has 0 aliphatic carbocycles. The highest BCUT2D eigenvalue weighted by Gasteiger charge is 2.33. The molecular weight excluding hydrogens is 327 g/mol. The molecule has 1 aliphatic rings. The molecule has 1 aromatic carbocycles. The minimum Gasteiger partial charge on any atom is -0.348 e. The molecule has 0 bridgehead atoms. The van der Waals surface area contributed by atoms with Gasteiger partial charge in [-0.05, 0) is 24.1 Å². The van der Waals surface area contributed by atoms with Crippen molar-refractivity contribution in [2.24, 2.45) is 0 Å². The molecule has 2 heterocycles. The van der Waals surface area contributed by atoms with E-state index < -0.39 is 11.9 Å². The standard InChI is InChI=1S/C15H14F3N3OS/c16-15(17,18)13-5-7-21(20-13)9-14(22)19-11-6-8-23-12-4-2-1-3-10(11)12/h1-5,7,11H,6,8-9H2,(H,19,22)/t11-/m0/s1. The van der Waals surface area contributed by atoms with E-state index in [0.29, 0.717) is 0 Å². The quantitative estimate of drug-likeness (QED) is 0.932. The zero-order valence-corrected chi connectivity index (χ0v) is 12.8. The van der Waals surface area contributed by atoms with E-state index in [1.165, 1.54) is 0 Å². The van der Waals surface area contributed by atoms with Crippen LogP contribution in [0.2, 0.25) is 0 Å². The maximum Gasteiger partial charge on any atom is 0.435 e. The van der Waals surface area contributed by atoms with E-state index in [4.69, 9.17) is 0 Å². The summed E-state index contributed by atoms with van der Waals surface area (Å²) in [6, 6.07) is 8.56. The number of amides is 1. The van der Waals surface area contributed by atoms with Crippen LogP contribution in [0.15, 0.2) is 41.4 Å².